The van der Waals surface area contributed by atoms with Gasteiger partial charge in [-0.25, -0.2) is 0 Å². The second-order valence-electron chi connectivity index (χ2n) is 7.00. The lowest BCUT2D eigenvalue weighted by Crippen LogP contribution is -2.51. The standard InChI is InChI=1S/C18H28N2/c1-13-12-20(3)14(2)11-17(13)19-18(16-9-10-16)15-7-5-4-6-8-15/h4-8,13-14,16-19H,9-12H2,1-3H3. The van der Waals surface area contributed by atoms with Crippen LogP contribution in [-0.4, -0.2) is 30.6 Å². The van der Waals surface area contributed by atoms with E-state index < -0.39 is 0 Å². The second-order valence-corrected chi connectivity index (χ2v) is 7.00. The molecule has 1 aromatic carbocycles. The zero-order valence-electron chi connectivity index (χ0n) is 13.0. The molecule has 4 unspecified atom stereocenters. The number of nitrogens with zero attached hydrogens (tertiary/aromatic N) is 1. The summed E-state index contributed by atoms with van der Waals surface area (Å²) in [6.07, 6.45) is 4.06. The van der Waals surface area contributed by atoms with Gasteiger partial charge in [0.1, 0.15) is 0 Å². The van der Waals surface area contributed by atoms with Gasteiger partial charge in [-0.05, 0) is 50.6 Å². The van der Waals surface area contributed by atoms with Crippen molar-refractivity contribution < 1.29 is 0 Å². The Kier molecular flexibility index (Phi) is 4.13. The first kappa shape index (κ1) is 14.1. The summed E-state index contributed by atoms with van der Waals surface area (Å²) in [5.41, 5.74) is 1.48. The molecule has 0 aromatic heterocycles. The lowest BCUT2D eigenvalue weighted by atomic mass is 9.88. The van der Waals surface area contributed by atoms with Gasteiger partial charge in [0, 0.05) is 24.7 Å². The second kappa shape index (κ2) is 5.87. The molecule has 0 radical (unpaired) electrons. The first-order valence-electron chi connectivity index (χ1n) is 8.16. The molecule has 1 aliphatic heterocycles. The van der Waals surface area contributed by atoms with Gasteiger partial charge in [-0.2, -0.15) is 0 Å². The lowest BCUT2D eigenvalue weighted by molar-refractivity contribution is 0.113. The van der Waals surface area contributed by atoms with Crippen LogP contribution in [0.4, 0.5) is 0 Å². The largest absolute Gasteiger partial charge is 0.307 e. The molecule has 0 amide bonds. The minimum Gasteiger partial charge on any atom is -0.307 e. The molecule has 2 fully saturated rings. The molecular formula is C18H28N2. The quantitative estimate of drug-likeness (QED) is 0.903. The van der Waals surface area contributed by atoms with E-state index in [2.05, 4.69) is 61.4 Å². The van der Waals surface area contributed by atoms with Crippen molar-refractivity contribution in [2.75, 3.05) is 13.6 Å². The first-order valence-corrected chi connectivity index (χ1v) is 8.16. The number of piperidine rings is 1. The van der Waals surface area contributed by atoms with E-state index in [4.69, 9.17) is 0 Å². The Morgan fingerprint density at radius 2 is 1.85 bits per heavy atom. The number of hydrogen-bond donors (Lipinski definition) is 1. The fraction of sp³-hybridized carbons (Fsp3) is 0.667. The molecule has 1 saturated heterocycles. The van der Waals surface area contributed by atoms with Crippen molar-refractivity contribution >= 4 is 0 Å². The molecule has 2 heteroatoms. The molecule has 4 atom stereocenters. The monoisotopic (exact) mass is 272 g/mol. The first-order chi connectivity index (χ1) is 9.65. The van der Waals surface area contributed by atoms with Crippen LogP contribution in [0.1, 0.15) is 44.7 Å². The molecule has 2 nitrogen and oxygen atoms in total. The van der Waals surface area contributed by atoms with Crippen LogP contribution in [-0.2, 0) is 0 Å². The molecule has 1 N–H and O–H groups in total. The van der Waals surface area contributed by atoms with Crippen molar-refractivity contribution in [1.29, 1.82) is 0 Å². The van der Waals surface area contributed by atoms with Crippen LogP contribution >= 0.6 is 0 Å². The molecule has 0 bridgehead atoms. The molecule has 3 rings (SSSR count). The number of rotatable bonds is 4. The van der Waals surface area contributed by atoms with Gasteiger partial charge in [0.2, 0.25) is 0 Å². The van der Waals surface area contributed by atoms with Gasteiger partial charge in [-0.15, -0.1) is 0 Å². The molecule has 2 aliphatic rings. The summed E-state index contributed by atoms with van der Waals surface area (Å²) in [4.78, 5) is 2.50. The maximum absolute atomic E-state index is 4.01. The number of benzene rings is 1. The third kappa shape index (κ3) is 3.07. The SMILES string of the molecule is CC1CN(C)C(C)CC1NC(c1ccccc1)C1CC1. The Labute approximate surface area is 123 Å². The number of nitrogens with one attached hydrogen (secondary N) is 1. The van der Waals surface area contributed by atoms with Crippen LogP contribution in [0.15, 0.2) is 30.3 Å². The fourth-order valence-electron chi connectivity index (χ4n) is 3.60. The van der Waals surface area contributed by atoms with Crippen molar-refractivity contribution in [2.24, 2.45) is 11.8 Å². The molecule has 20 heavy (non-hydrogen) atoms. The van der Waals surface area contributed by atoms with Crippen LogP contribution in [0.2, 0.25) is 0 Å². The van der Waals surface area contributed by atoms with Gasteiger partial charge in [-0.3, -0.25) is 0 Å². The van der Waals surface area contributed by atoms with E-state index in [0.717, 1.165) is 11.8 Å². The number of hydrogen-bond acceptors (Lipinski definition) is 2. The maximum Gasteiger partial charge on any atom is 0.0351 e. The average Bonchev–Trinajstić information content (AvgIpc) is 3.27. The van der Waals surface area contributed by atoms with Crippen molar-refractivity contribution in [2.45, 2.75) is 51.2 Å². The highest BCUT2D eigenvalue weighted by atomic mass is 15.2. The Morgan fingerprint density at radius 1 is 1.15 bits per heavy atom. The zero-order valence-corrected chi connectivity index (χ0v) is 13.0. The van der Waals surface area contributed by atoms with E-state index >= 15 is 0 Å². The van der Waals surface area contributed by atoms with Crippen molar-refractivity contribution in [1.82, 2.24) is 10.2 Å². The molecule has 1 aromatic rings. The lowest BCUT2D eigenvalue weighted by Gasteiger charge is -2.41. The Bertz CT molecular complexity index is 426. The molecule has 110 valence electrons. The molecule has 1 heterocycles. The minimum atomic E-state index is 0.569. The van der Waals surface area contributed by atoms with E-state index in [-0.39, 0.29) is 0 Å². The average molecular weight is 272 g/mol. The van der Waals surface area contributed by atoms with Crippen LogP contribution in [0.25, 0.3) is 0 Å². The summed E-state index contributed by atoms with van der Waals surface area (Å²) in [7, 11) is 2.26. The molecule has 1 saturated carbocycles. The van der Waals surface area contributed by atoms with Gasteiger partial charge >= 0.3 is 0 Å². The van der Waals surface area contributed by atoms with Crippen molar-refractivity contribution in [3.8, 4) is 0 Å². The Balaban J connectivity index is 1.71. The fourth-order valence-corrected chi connectivity index (χ4v) is 3.60. The molecule has 0 spiro atoms. The molecular weight excluding hydrogens is 244 g/mol. The van der Waals surface area contributed by atoms with Gasteiger partial charge in [0.25, 0.3) is 0 Å². The number of likely N-dealkylation sites (tertiary alicyclic amines) is 1. The highest BCUT2D eigenvalue weighted by molar-refractivity contribution is 5.21. The van der Waals surface area contributed by atoms with E-state index in [1.54, 1.807) is 0 Å². The summed E-state index contributed by atoms with van der Waals surface area (Å²) in [6.45, 7) is 5.97. The highest BCUT2D eigenvalue weighted by Gasteiger charge is 2.36. The van der Waals surface area contributed by atoms with Crippen molar-refractivity contribution in [3.63, 3.8) is 0 Å². The van der Waals surface area contributed by atoms with Crippen LogP contribution < -0.4 is 5.32 Å². The predicted octanol–water partition coefficient (Wildman–Crippen LogP) is 3.46. The van der Waals surface area contributed by atoms with Gasteiger partial charge in [0.05, 0.1) is 0 Å². The summed E-state index contributed by atoms with van der Waals surface area (Å²) >= 11 is 0. The summed E-state index contributed by atoms with van der Waals surface area (Å²) in [5, 5.41) is 4.01. The van der Waals surface area contributed by atoms with Crippen LogP contribution in [0.5, 0.6) is 0 Å². The normalized spacial score (nSPS) is 33.0. The third-order valence-corrected chi connectivity index (χ3v) is 5.26. The van der Waals surface area contributed by atoms with Crippen LogP contribution in [0, 0.1) is 11.8 Å². The van der Waals surface area contributed by atoms with Gasteiger partial charge in [0.15, 0.2) is 0 Å². The third-order valence-electron chi connectivity index (χ3n) is 5.26. The topological polar surface area (TPSA) is 15.3 Å². The van der Waals surface area contributed by atoms with Gasteiger partial charge < -0.3 is 10.2 Å². The van der Waals surface area contributed by atoms with Crippen molar-refractivity contribution in [3.05, 3.63) is 35.9 Å². The minimum absolute atomic E-state index is 0.569. The zero-order chi connectivity index (χ0) is 14.1. The summed E-state index contributed by atoms with van der Waals surface area (Å²) in [6, 6.07) is 13.0. The van der Waals surface area contributed by atoms with E-state index in [9.17, 15) is 0 Å². The van der Waals surface area contributed by atoms with E-state index in [1.807, 2.05) is 0 Å². The van der Waals surface area contributed by atoms with E-state index in [1.165, 1.54) is 31.4 Å². The maximum atomic E-state index is 4.01. The Morgan fingerprint density at radius 3 is 2.50 bits per heavy atom. The van der Waals surface area contributed by atoms with Crippen LogP contribution in [0.3, 0.4) is 0 Å². The summed E-state index contributed by atoms with van der Waals surface area (Å²) in [5.74, 6) is 1.60. The predicted molar refractivity (Wildman–Crippen MR) is 84.7 cm³/mol. The highest BCUT2D eigenvalue weighted by Crippen LogP contribution is 2.42. The molecule has 1 aliphatic carbocycles. The Hall–Kier alpha value is -0.860. The van der Waals surface area contributed by atoms with Gasteiger partial charge in [-0.1, -0.05) is 37.3 Å². The summed E-state index contributed by atoms with van der Waals surface area (Å²) < 4.78 is 0. The van der Waals surface area contributed by atoms with E-state index in [0.29, 0.717) is 18.1 Å². The smallest absolute Gasteiger partial charge is 0.0351 e.